The first kappa shape index (κ1) is 13.6. The summed E-state index contributed by atoms with van der Waals surface area (Å²) >= 11 is 0. The minimum absolute atomic E-state index is 0.0182. The van der Waals surface area contributed by atoms with Gasteiger partial charge in [0.05, 0.1) is 23.8 Å². The minimum atomic E-state index is -0.869. The second kappa shape index (κ2) is 5.47. The van der Waals surface area contributed by atoms with E-state index in [2.05, 4.69) is 5.32 Å². The maximum atomic E-state index is 12.2. The van der Waals surface area contributed by atoms with Gasteiger partial charge in [0, 0.05) is 0 Å². The van der Waals surface area contributed by atoms with Crippen LogP contribution in [0.5, 0.6) is 0 Å². The number of aryl methyl sites for hydroxylation is 1. The number of carboxylic acid groups (broad SMARTS) is 1. The van der Waals surface area contributed by atoms with Gasteiger partial charge in [0.15, 0.2) is 0 Å². The monoisotopic (exact) mass is 265 g/mol. The molecule has 0 radical (unpaired) electrons. The summed E-state index contributed by atoms with van der Waals surface area (Å²) in [5.41, 5.74) is -0.124. The lowest BCUT2D eigenvalue weighted by atomic mass is 9.79. The Morgan fingerprint density at radius 3 is 2.58 bits per heavy atom. The summed E-state index contributed by atoms with van der Waals surface area (Å²) in [5, 5.41) is 12.0. The van der Waals surface area contributed by atoms with Gasteiger partial charge in [-0.2, -0.15) is 0 Å². The van der Waals surface area contributed by atoms with E-state index >= 15 is 0 Å². The number of amides is 1. The summed E-state index contributed by atoms with van der Waals surface area (Å²) in [6, 6.07) is 1.61. The lowest BCUT2D eigenvalue weighted by Crippen LogP contribution is -2.51. The van der Waals surface area contributed by atoms with Crippen LogP contribution in [0.25, 0.3) is 0 Å². The maximum Gasteiger partial charge on any atom is 0.305 e. The number of carboxylic acids is 1. The molecule has 1 saturated carbocycles. The predicted octanol–water partition coefficient (Wildman–Crippen LogP) is 2.50. The maximum absolute atomic E-state index is 12.2. The van der Waals surface area contributed by atoms with Gasteiger partial charge in [0.25, 0.3) is 5.91 Å². The molecule has 5 heteroatoms. The van der Waals surface area contributed by atoms with E-state index in [1.165, 1.54) is 6.26 Å². The van der Waals surface area contributed by atoms with Crippen molar-refractivity contribution in [2.45, 2.75) is 51.0 Å². The summed E-state index contributed by atoms with van der Waals surface area (Å²) in [4.78, 5) is 23.3. The van der Waals surface area contributed by atoms with Crippen molar-refractivity contribution in [3.05, 3.63) is 23.7 Å². The Hall–Kier alpha value is -1.78. The summed E-state index contributed by atoms with van der Waals surface area (Å²) in [6.07, 6.45) is 5.91. The summed E-state index contributed by atoms with van der Waals surface area (Å²) in [5.74, 6) is -0.556. The lowest BCUT2D eigenvalue weighted by molar-refractivity contribution is -0.139. The molecule has 1 aromatic heterocycles. The molecule has 1 fully saturated rings. The highest BCUT2D eigenvalue weighted by Crippen LogP contribution is 2.31. The van der Waals surface area contributed by atoms with E-state index in [4.69, 9.17) is 9.52 Å². The molecule has 104 valence electrons. The van der Waals surface area contributed by atoms with Gasteiger partial charge < -0.3 is 14.8 Å². The summed E-state index contributed by atoms with van der Waals surface area (Å²) in [6.45, 7) is 1.72. The normalized spacial score (nSPS) is 17.9. The highest BCUT2D eigenvalue weighted by atomic mass is 16.4. The highest BCUT2D eigenvalue weighted by Gasteiger charge is 2.36. The lowest BCUT2D eigenvalue weighted by Gasteiger charge is -2.36. The number of hydrogen-bond donors (Lipinski definition) is 2. The van der Waals surface area contributed by atoms with Crippen molar-refractivity contribution in [3.63, 3.8) is 0 Å². The van der Waals surface area contributed by atoms with Crippen LogP contribution in [-0.2, 0) is 4.79 Å². The predicted molar refractivity (Wildman–Crippen MR) is 69.0 cm³/mol. The first-order chi connectivity index (χ1) is 9.02. The highest BCUT2D eigenvalue weighted by molar-refractivity contribution is 5.95. The van der Waals surface area contributed by atoms with Gasteiger partial charge in [0.1, 0.15) is 5.76 Å². The van der Waals surface area contributed by atoms with Crippen LogP contribution in [0.3, 0.4) is 0 Å². The number of carbonyl (C=O) groups is 2. The van der Waals surface area contributed by atoms with E-state index in [9.17, 15) is 9.59 Å². The molecule has 0 spiro atoms. The third-order valence-electron chi connectivity index (χ3n) is 3.78. The molecule has 1 aliphatic rings. The third kappa shape index (κ3) is 3.16. The zero-order valence-electron chi connectivity index (χ0n) is 11.1. The van der Waals surface area contributed by atoms with Gasteiger partial charge in [0.2, 0.25) is 0 Å². The smallest absolute Gasteiger partial charge is 0.305 e. The van der Waals surface area contributed by atoms with E-state index in [0.29, 0.717) is 11.3 Å². The van der Waals surface area contributed by atoms with Crippen LogP contribution in [0, 0.1) is 6.92 Å². The second-order valence-electron chi connectivity index (χ2n) is 5.26. The Bertz CT molecular complexity index is 472. The average Bonchev–Trinajstić information content (AvgIpc) is 2.75. The van der Waals surface area contributed by atoms with Crippen LogP contribution in [0.1, 0.15) is 54.6 Å². The Labute approximate surface area is 112 Å². The molecule has 19 heavy (non-hydrogen) atoms. The van der Waals surface area contributed by atoms with Crippen LogP contribution in [-0.4, -0.2) is 22.5 Å². The first-order valence-corrected chi connectivity index (χ1v) is 6.61. The first-order valence-electron chi connectivity index (χ1n) is 6.61. The molecule has 1 aromatic rings. The molecule has 0 saturated heterocycles. The Kier molecular flexibility index (Phi) is 3.93. The van der Waals surface area contributed by atoms with Crippen LogP contribution in [0.2, 0.25) is 0 Å². The average molecular weight is 265 g/mol. The Balaban J connectivity index is 2.14. The van der Waals surface area contributed by atoms with Gasteiger partial charge in [-0.1, -0.05) is 19.3 Å². The number of rotatable bonds is 4. The standard InChI is InChI=1S/C14H19NO4/c1-10-11(5-8-19-10)13(18)15-14(9-12(16)17)6-3-2-4-7-14/h5,8H,2-4,6-7,9H2,1H3,(H,15,18)(H,16,17). The van der Waals surface area contributed by atoms with Crippen LogP contribution < -0.4 is 5.32 Å². The minimum Gasteiger partial charge on any atom is -0.481 e. The molecular weight excluding hydrogens is 246 g/mol. The summed E-state index contributed by atoms with van der Waals surface area (Å²) in [7, 11) is 0. The zero-order valence-corrected chi connectivity index (χ0v) is 11.1. The van der Waals surface area contributed by atoms with Crippen molar-refractivity contribution >= 4 is 11.9 Å². The summed E-state index contributed by atoms with van der Waals surface area (Å²) < 4.78 is 5.11. The van der Waals surface area contributed by atoms with Crippen LogP contribution >= 0.6 is 0 Å². The second-order valence-corrected chi connectivity index (χ2v) is 5.26. The third-order valence-corrected chi connectivity index (χ3v) is 3.78. The molecular formula is C14H19NO4. The molecule has 0 unspecified atom stereocenters. The van der Waals surface area contributed by atoms with Gasteiger partial charge in [-0.15, -0.1) is 0 Å². The zero-order chi connectivity index (χ0) is 13.9. The molecule has 5 nitrogen and oxygen atoms in total. The molecule has 1 heterocycles. The van der Waals surface area contributed by atoms with Crippen molar-refractivity contribution in [3.8, 4) is 0 Å². The van der Waals surface area contributed by atoms with Gasteiger partial charge >= 0.3 is 5.97 Å². The van der Waals surface area contributed by atoms with Crippen LogP contribution in [0.4, 0.5) is 0 Å². The fourth-order valence-corrected chi connectivity index (χ4v) is 2.79. The molecule has 2 N–H and O–H groups in total. The Morgan fingerprint density at radius 2 is 2.05 bits per heavy atom. The van der Waals surface area contributed by atoms with E-state index in [1.54, 1.807) is 13.0 Å². The fourth-order valence-electron chi connectivity index (χ4n) is 2.79. The van der Waals surface area contributed by atoms with Crippen molar-refractivity contribution in [1.82, 2.24) is 5.32 Å². The van der Waals surface area contributed by atoms with Gasteiger partial charge in [-0.05, 0) is 25.8 Å². The van der Waals surface area contributed by atoms with Crippen molar-refractivity contribution < 1.29 is 19.1 Å². The topological polar surface area (TPSA) is 79.5 Å². The molecule has 1 aliphatic carbocycles. The Morgan fingerprint density at radius 1 is 1.37 bits per heavy atom. The fraction of sp³-hybridized carbons (Fsp3) is 0.571. The van der Waals surface area contributed by atoms with Gasteiger partial charge in [-0.25, -0.2) is 0 Å². The molecule has 2 rings (SSSR count). The molecule has 0 aliphatic heterocycles. The van der Waals surface area contributed by atoms with E-state index in [-0.39, 0.29) is 12.3 Å². The van der Waals surface area contributed by atoms with E-state index in [0.717, 1.165) is 32.1 Å². The van der Waals surface area contributed by atoms with Gasteiger partial charge in [-0.3, -0.25) is 9.59 Å². The quantitative estimate of drug-likeness (QED) is 0.876. The number of nitrogens with one attached hydrogen (secondary N) is 1. The molecule has 1 amide bonds. The number of carbonyl (C=O) groups excluding carboxylic acids is 1. The van der Waals surface area contributed by atoms with Crippen LogP contribution in [0.15, 0.2) is 16.7 Å². The molecule has 0 atom stereocenters. The van der Waals surface area contributed by atoms with Crippen molar-refractivity contribution in [2.24, 2.45) is 0 Å². The largest absolute Gasteiger partial charge is 0.481 e. The number of hydrogen-bond acceptors (Lipinski definition) is 3. The number of aliphatic carboxylic acids is 1. The van der Waals surface area contributed by atoms with Crippen molar-refractivity contribution in [2.75, 3.05) is 0 Å². The van der Waals surface area contributed by atoms with Crippen molar-refractivity contribution in [1.29, 1.82) is 0 Å². The number of furan rings is 1. The molecule has 0 aromatic carbocycles. The van der Waals surface area contributed by atoms with E-state index in [1.807, 2.05) is 0 Å². The van der Waals surface area contributed by atoms with E-state index < -0.39 is 11.5 Å². The molecule has 0 bridgehead atoms. The SMILES string of the molecule is Cc1occc1C(=O)NC1(CC(=O)O)CCCCC1.